The van der Waals surface area contributed by atoms with E-state index in [9.17, 15) is 4.79 Å². The summed E-state index contributed by atoms with van der Waals surface area (Å²) in [7, 11) is 1.98. The van der Waals surface area contributed by atoms with Crippen LogP contribution in [-0.2, 0) is 13.6 Å². The minimum absolute atomic E-state index is 0.0595. The van der Waals surface area contributed by atoms with E-state index in [-0.39, 0.29) is 6.03 Å². The number of amides is 2. The van der Waals surface area contributed by atoms with Crippen LogP contribution in [0.25, 0.3) is 0 Å². The van der Waals surface area contributed by atoms with Crippen LogP contribution in [0.3, 0.4) is 0 Å². The number of halogens is 1. The van der Waals surface area contributed by atoms with Crippen molar-refractivity contribution in [2.45, 2.75) is 20.4 Å². The fraction of sp³-hybridized carbons (Fsp3) is 0.444. The van der Waals surface area contributed by atoms with Crippen LogP contribution in [0, 0.1) is 13.8 Å². The normalized spacial score (nSPS) is 15.4. The molecule has 1 saturated heterocycles. The van der Waals surface area contributed by atoms with Crippen LogP contribution in [-0.4, -0.2) is 51.8 Å². The van der Waals surface area contributed by atoms with Crippen molar-refractivity contribution < 1.29 is 4.79 Å². The van der Waals surface area contributed by atoms with E-state index in [1.54, 1.807) is 12.1 Å². The lowest BCUT2D eigenvalue weighted by Crippen LogP contribution is -2.49. The van der Waals surface area contributed by atoms with Crippen LogP contribution in [0.1, 0.15) is 17.0 Å². The van der Waals surface area contributed by atoms with E-state index in [4.69, 9.17) is 11.6 Å². The highest BCUT2D eigenvalue weighted by atomic mass is 35.5. The molecule has 1 N–H and O–H groups in total. The molecule has 1 aliphatic heterocycles. The van der Waals surface area contributed by atoms with Gasteiger partial charge in [-0.3, -0.25) is 9.58 Å². The molecule has 1 aromatic carbocycles. The number of carbonyl (C=O) groups excluding carboxylic acids is 1. The van der Waals surface area contributed by atoms with E-state index in [1.807, 2.05) is 28.8 Å². The fourth-order valence-electron chi connectivity index (χ4n) is 3.11. The van der Waals surface area contributed by atoms with Crippen molar-refractivity contribution in [1.82, 2.24) is 19.6 Å². The number of anilines is 1. The molecule has 6 nitrogen and oxygen atoms in total. The third-order valence-electron chi connectivity index (χ3n) is 4.80. The molecule has 2 amide bonds. The predicted octanol–water partition coefficient (Wildman–Crippen LogP) is 3.04. The van der Waals surface area contributed by atoms with Gasteiger partial charge in [0, 0.05) is 61.7 Å². The van der Waals surface area contributed by atoms with Gasteiger partial charge in [0.1, 0.15) is 0 Å². The van der Waals surface area contributed by atoms with Gasteiger partial charge in [0.05, 0.1) is 5.69 Å². The van der Waals surface area contributed by atoms with E-state index in [0.29, 0.717) is 5.02 Å². The van der Waals surface area contributed by atoms with Crippen molar-refractivity contribution in [3.63, 3.8) is 0 Å². The standard InChI is InChI=1S/C18H24ClN5O/c1-13-17(14(2)22(3)21-13)12-23-8-10-24(11-9-23)18(25)20-16-6-4-15(19)5-7-16/h4-7H,8-12H2,1-3H3,(H,20,25). The summed E-state index contributed by atoms with van der Waals surface area (Å²) < 4.78 is 1.93. The Morgan fingerprint density at radius 2 is 1.80 bits per heavy atom. The first-order valence-electron chi connectivity index (χ1n) is 8.47. The molecule has 0 spiro atoms. The maximum Gasteiger partial charge on any atom is 0.321 e. The molecule has 2 heterocycles. The van der Waals surface area contributed by atoms with Gasteiger partial charge in [0.2, 0.25) is 0 Å². The zero-order chi connectivity index (χ0) is 18.0. The van der Waals surface area contributed by atoms with Crippen LogP contribution in [0.5, 0.6) is 0 Å². The van der Waals surface area contributed by atoms with E-state index < -0.39 is 0 Å². The van der Waals surface area contributed by atoms with Crippen LogP contribution < -0.4 is 5.32 Å². The number of hydrogen-bond donors (Lipinski definition) is 1. The smallest absolute Gasteiger partial charge is 0.321 e. The van der Waals surface area contributed by atoms with Crippen molar-refractivity contribution in [3.8, 4) is 0 Å². The largest absolute Gasteiger partial charge is 0.322 e. The summed E-state index contributed by atoms with van der Waals surface area (Å²) in [5, 5.41) is 8.06. The first-order valence-corrected chi connectivity index (χ1v) is 8.85. The maximum absolute atomic E-state index is 12.4. The minimum Gasteiger partial charge on any atom is -0.322 e. The fourth-order valence-corrected chi connectivity index (χ4v) is 3.24. The molecule has 1 aromatic heterocycles. The Bertz CT molecular complexity index is 748. The molecule has 0 aliphatic carbocycles. The Hall–Kier alpha value is -2.05. The minimum atomic E-state index is -0.0595. The Morgan fingerprint density at radius 3 is 2.36 bits per heavy atom. The monoisotopic (exact) mass is 361 g/mol. The van der Waals surface area contributed by atoms with Crippen molar-refractivity contribution in [2.24, 2.45) is 7.05 Å². The van der Waals surface area contributed by atoms with Crippen molar-refractivity contribution in [1.29, 1.82) is 0 Å². The maximum atomic E-state index is 12.4. The summed E-state index contributed by atoms with van der Waals surface area (Å²) in [4.78, 5) is 16.6. The molecule has 0 saturated carbocycles. The Morgan fingerprint density at radius 1 is 1.16 bits per heavy atom. The molecule has 134 valence electrons. The second-order valence-electron chi connectivity index (χ2n) is 6.47. The summed E-state index contributed by atoms with van der Waals surface area (Å²) >= 11 is 5.87. The molecule has 1 fully saturated rings. The first kappa shape index (κ1) is 17.8. The molecule has 2 aromatic rings. The lowest BCUT2D eigenvalue weighted by atomic mass is 10.1. The summed E-state index contributed by atoms with van der Waals surface area (Å²) in [6, 6.07) is 7.10. The van der Waals surface area contributed by atoms with Crippen molar-refractivity contribution in [2.75, 3.05) is 31.5 Å². The van der Waals surface area contributed by atoms with E-state index in [2.05, 4.69) is 29.2 Å². The number of carbonyl (C=O) groups is 1. The van der Waals surface area contributed by atoms with Gasteiger partial charge < -0.3 is 10.2 Å². The molecule has 3 rings (SSSR count). The van der Waals surface area contributed by atoms with Gasteiger partial charge in [-0.05, 0) is 38.1 Å². The molecular formula is C18H24ClN5O. The molecule has 0 bridgehead atoms. The highest BCUT2D eigenvalue weighted by molar-refractivity contribution is 6.30. The number of rotatable bonds is 3. The topological polar surface area (TPSA) is 53.4 Å². The van der Waals surface area contributed by atoms with Gasteiger partial charge in [-0.15, -0.1) is 0 Å². The molecule has 7 heteroatoms. The van der Waals surface area contributed by atoms with Gasteiger partial charge in [0.15, 0.2) is 0 Å². The summed E-state index contributed by atoms with van der Waals surface area (Å²) in [5.74, 6) is 0. The van der Waals surface area contributed by atoms with E-state index in [1.165, 1.54) is 11.3 Å². The van der Waals surface area contributed by atoms with Crippen LogP contribution >= 0.6 is 11.6 Å². The Labute approximate surface area is 153 Å². The van der Waals surface area contributed by atoms with Gasteiger partial charge in [-0.25, -0.2) is 4.79 Å². The second-order valence-corrected chi connectivity index (χ2v) is 6.91. The number of aromatic nitrogens is 2. The third-order valence-corrected chi connectivity index (χ3v) is 5.05. The molecule has 0 radical (unpaired) electrons. The van der Waals surface area contributed by atoms with E-state index >= 15 is 0 Å². The number of hydrogen-bond acceptors (Lipinski definition) is 3. The number of benzene rings is 1. The summed E-state index contributed by atoms with van der Waals surface area (Å²) in [5.41, 5.74) is 4.35. The Balaban J connectivity index is 1.53. The van der Waals surface area contributed by atoms with Gasteiger partial charge in [-0.1, -0.05) is 11.6 Å². The number of nitrogens with zero attached hydrogens (tertiary/aromatic N) is 4. The quantitative estimate of drug-likeness (QED) is 0.914. The van der Waals surface area contributed by atoms with E-state index in [0.717, 1.165) is 44.1 Å². The zero-order valence-electron chi connectivity index (χ0n) is 14.9. The predicted molar refractivity (Wildman–Crippen MR) is 100 cm³/mol. The SMILES string of the molecule is Cc1nn(C)c(C)c1CN1CCN(C(=O)Nc2ccc(Cl)cc2)CC1. The molecule has 0 unspecified atom stereocenters. The third kappa shape index (κ3) is 4.14. The highest BCUT2D eigenvalue weighted by Gasteiger charge is 2.22. The number of aryl methyl sites for hydroxylation is 2. The molecule has 0 atom stereocenters. The average molecular weight is 362 g/mol. The Kier molecular flexibility index (Phi) is 5.30. The lowest BCUT2D eigenvalue weighted by molar-refractivity contribution is 0.142. The van der Waals surface area contributed by atoms with Gasteiger partial charge in [0.25, 0.3) is 0 Å². The van der Waals surface area contributed by atoms with Gasteiger partial charge in [-0.2, -0.15) is 5.10 Å². The highest BCUT2D eigenvalue weighted by Crippen LogP contribution is 2.17. The van der Waals surface area contributed by atoms with Crippen LogP contribution in [0.4, 0.5) is 10.5 Å². The molecule has 1 aliphatic rings. The molecular weight excluding hydrogens is 338 g/mol. The lowest BCUT2D eigenvalue weighted by Gasteiger charge is -2.34. The molecule has 25 heavy (non-hydrogen) atoms. The average Bonchev–Trinajstić information content (AvgIpc) is 2.84. The number of nitrogens with one attached hydrogen (secondary N) is 1. The second kappa shape index (κ2) is 7.45. The van der Waals surface area contributed by atoms with Gasteiger partial charge >= 0.3 is 6.03 Å². The van der Waals surface area contributed by atoms with Crippen molar-refractivity contribution >= 4 is 23.3 Å². The van der Waals surface area contributed by atoms with Crippen LogP contribution in [0.15, 0.2) is 24.3 Å². The summed E-state index contributed by atoms with van der Waals surface area (Å²) in [6.07, 6.45) is 0. The zero-order valence-corrected chi connectivity index (χ0v) is 15.7. The number of piperazine rings is 1. The van der Waals surface area contributed by atoms with Crippen molar-refractivity contribution in [3.05, 3.63) is 46.2 Å². The van der Waals surface area contributed by atoms with Crippen LogP contribution in [0.2, 0.25) is 5.02 Å². The first-order chi connectivity index (χ1) is 11.9. The summed E-state index contributed by atoms with van der Waals surface area (Å²) in [6.45, 7) is 8.21. The number of urea groups is 1.